The molecule has 0 spiro atoms. The van der Waals surface area contributed by atoms with Crippen molar-refractivity contribution >= 4 is 31.9 Å². The van der Waals surface area contributed by atoms with Crippen LogP contribution in [0.5, 0.6) is 0 Å². The van der Waals surface area contributed by atoms with Crippen molar-refractivity contribution in [2.45, 2.75) is 20.1 Å². The van der Waals surface area contributed by atoms with E-state index >= 15 is 0 Å². The van der Waals surface area contributed by atoms with Crippen molar-refractivity contribution in [2.24, 2.45) is 0 Å². The number of hydrogen-bond acceptors (Lipinski definition) is 6. The van der Waals surface area contributed by atoms with Gasteiger partial charge in [0.05, 0.1) is 22.8 Å². The number of halogens is 2. The Morgan fingerprint density at radius 3 is 1.63 bits per heavy atom. The molecule has 3 aromatic heterocycles. The molecular weight excluding hydrogens is 476 g/mol. The Balaban J connectivity index is 2.15. The second kappa shape index (κ2) is 9.45. The molecule has 0 aliphatic heterocycles. The van der Waals surface area contributed by atoms with Crippen molar-refractivity contribution in [2.75, 3.05) is 13.2 Å². The Bertz CT molecular complexity index is 854. The van der Waals surface area contributed by atoms with Gasteiger partial charge in [-0.3, -0.25) is 0 Å². The minimum absolute atomic E-state index is 0.440. The highest BCUT2D eigenvalue weighted by molar-refractivity contribution is 9.10. The molecule has 0 N–H and O–H groups in total. The van der Waals surface area contributed by atoms with Crippen LogP contribution in [0.4, 0.5) is 0 Å². The van der Waals surface area contributed by atoms with Crippen LogP contribution in [0.15, 0.2) is 51.7 Å². The maximum Gasteiger partial charge on any atom is 0.219 e. The monoisotopic (exact) mass is 492 g/mol. The third kappa shape index (κ3) is 5.16. The summed E-state index contributed by atoms with van der Waals surface area (Å²) in [5.41, 5.74) is 2.78. The van der Waals surface area contributed by atoms with Gasteiger partial charge in [-0.15, -0.1) is 0 Å². The summed E-state index contributed by atoms with van der Waals surface area (Å²) in [5.74, 6) is 0.440. The van der Waals surface area contributed by atoms with Gasteiger partial charge in [0.1, 0.15) is 9.21 Å². The van der Waals surface area contributed by atoms with E-state index in [1.165, 1.54) is 0 Å². The molecule has 3 aromatic rings. The first-order valence-electron chi connectivity index (χ1n) is 8.48. The van der Waals surface area contributed by atoms with Crippen molar-refractivity contribution in [1.82, 2.24) is 19.9 Å². The van der Waals surface area contributed by atoms with Crippen molar-refractivity contribution in [3.8, 4) is 22.8 Å². The van der Waals surface area contributed by atoms with Gasteiger partial charge in [-0.2, -0.15) is 0 Å². The Labute approximate surface area is 174 Å². The van der Waals surface area contributed by atoms with E-state index in [0.717, 1.165) is 20.6 Å². The van der Waals surface area contributed by atoms with Crippen molar-refractivity contribution < 1.29 is 9.47 Å². The molecule has 0 aliphatic carbocycles. The predicted octanol–water partition coefficient (Wildman–Crippen LogP) is 5.20. The highest BCUT2D eigenvalue weighted by atomic mass is 79.9. The van der Waals surface area contributed by atoms with Crippen LogP contribution < -0.4 is 0 Å². The van der Waals surface area contributed by atoms with Crippen LogP contribution in [0.3, 0.4) is 0 Å². The summed E-state index contributed by atoms with van der Waals surface area (Å²) in [6.45, 7) is 4.78. The lowest BCUT2D eigenvalue weighted by molar-refractivity contribution is -0.145. The summed E-state index contributed by atoms with van der Waals surface area (Å²) >= 11 is 6.81. The summed E-state index contributed by atoms with van der Waals surface area (Å²) in [7, 11) is 0. The van der Waals surface area contributed by atoms with Gasteiger partial charge < -0.3 is 9.47 Å². The molecule has 27 heavy (non-hydrogen) atoms. The molecule has 0 atom stereocenters. The fourth-order valence-electron chi connectivity index (χ4n) is 2.44. The number of hydrogen-bond donors (Lipinski definition) is 0. The lowest BCUT2D eigenvalue weighted by atomic mass is 10.2. The quantitative estimate of drug-likeness (QED) is 0.333. The highest BCUT2D eigenvalue weighted by Crippen LogP contribution is 2.26. The number of nitrogens with zero attached hydrogens (tertiary/aromatic N) is 4. The van der Waals surface area contributed by atoms with Crippen LogP contribution >= 0.6 is 31.9 Å². The molecule has 0 unspecified atom stereocenters. The highest BCUT2D eigenvalue weighted by Gasteiger charge is 2.19. The maximum absolute atomic E-state index is 5.69. The average molecular weight is 494 g/mol. The summed E-state index contributed by atoms with van der Waals surface area (Å²) in [5, 5.41) is 0. The second-order valence-corrected chi connectivity index (χ2v) is 7.06. The van der Waals surface area contributed by atoms with Crippen LogP contribution in [0.1, 0.15) is 26.0 Å². The molecule has 0 aromatic carbocycles. The Hall–Kier alpha value is -1.74. The zero-order valence-corrected chi connectivity index (χ0v) is 18.1. The SMILES string of the molecule is CCOC(OCC)c1nc(-c2cccc(Br)n2)cc(-c2cccc(Br)n2)n1. The molecule has 0 radical (unpaired) electrons. The van der Waals surface area contributed by atoms with E-state index in [4.69, 9.17) is 9.47 Å². The van der Waals surface area contributed by atoms with Crippen molar-refractivity contribution in [3.05, 3.63) is 57.5 Å². The minimum atomic E-state index is -0.655. The average Bonchev–Trinajstić information content (AvgIpc) is 2.67. The second-order valence-electron chi connectivity index (χ2n) is 5.43. The Morgan fingerprint density at radius 1 is 0.741 bits per heavy atom. The molecule has 3 heterocycles. The topological polar surface area (TPSA) is 70.0 Å². The lowest BCUT2D eigenvalue weighted by Crippen LogP contribution is -2.14. The number of rotatable bonds is 7. The van der Waals surface area contributed by atoms with Crippen LogP contribution in [0.2, 0.25) is 0 Å². The maximum atomic E-state index is 5.69. The van der Waals surface area contributed by atoms with Gasteiger partial charge in [0.15, 0.2) is 5.82 Å². The molecule has 140 valence electrons. The summed E-state index contributed by atoms with van der Waals surface area (Å²) in [6, 6.07) is 13.2. The minimum Gasteiger partial charge on any atom is -0.346 e. The third-order valence-corrected chi connectivity index (χ3v) is 4.43. The molecule has 3 rings (SSSR count). The first-order valence-corrected chi connectivity index (χ1v) is 10.1. The van der Waals surface area contributed by atoms with E-state index in [9.17, 15) is 0 Å². The number of pyridine rings is 2. The molecular formula is C19H18Br2N4O2. The number of ether oxygens (including phenoxy) is 2. The Kier molecular flexibility index (Phi) is 7.01. The molecule has 0 fully saturated rings. The zero-order valence-electron chi connectivity index (χ0n) is 14.9. The molecule has 0 saturated carbocycles. The normalized spacial score (nSPS) is 11.1. The standard InChI is InChI=1S/C19H18Br2N4O2/c1-3-26-19(27-4-2)18-24-14(12-7-5-9-16(20)22-12)11-15(25-18)13-8-6-10-17(21)23-13/h5-11,19H,3-4H2,1-2H3. The van der Waals surface area contributed by atoms with E-state index in [2.05, 4.69) is 51.8 Å². The van der Waals surface area contributed by atoms with Gasteiger partial charge in [-0.1, -0.05) is 12.1 Å². The first kappa shape index (κ1) is 20.0. The zero-order chi connectivity index (χ0) is 19.2. The lowest BCUT2D eigenvalue weighted by Gasteiger charge is -2.17. The first-order chi connectivity index (χ1) is 13.1. The van der Waals surface area contributed by atoms with Gasteiger partial charge in [-0.25, -0.2) is 19.9 Å². The molecule has 0 amide bonds. The molecule has 0 saturated heterocycles. The molecule has 0 bridgehead atoms. The van der Waals surface area contributed by atoms with E-state index in [0.29, 0.717) is 30.4 Å². The van der Waals surface area contributed by atoms with E-state index in [1.807, 2.05) is 56.3 Å². The third-order valence-electron chi connectivity index (χ3n) is 3.55. The van der Waals surface area contributed by atoms with Gasteiger partial charge in [0.2, 0.25) is 6.29 Å². The van der Waals surface area contributed by atoms with Crippen molar-refractivity contribution in [1.29, 1.82) is 0 Å². The predicted molar refractivity (Wildman–Crippen MR) is 110 cm³/mol. The van der Waals surface area contributed by atoms with Crippen LogP contribution in [-0.2, 0) is 9.47 Å². The summed E-state index contributed by atoms with van der Waals surface area (Å²) in [4.78, 5) is 18.3. The molecule has 8 heteroatoms. The van der Waals surface area contributed by atoms with E-state index in [-0.39, 0.29) is 0 Å². The van der Waals surface area contributed by atoms with Gasteiger partial charge in [0.25, 0.3) is 0 Å². The smallest absolute Gasteiger partial charge is 0.219 e. The van der Waals surface area contributed by atoms with Gasteiger partial charge >= 0.3 is 0 Å². The van der Waals surface area contributed by atoms with E-state index in [1.54, 1.807) is 0 Å². The Morgan fingerprint density at radius 2 is 1.22 bits per heavy atom. The fourth-order valence-corrected chi connectivity index (χ4v) is 3.12. The summed E-state index contributed by atoms with van der Waals surface area (Å²) < 4.78 is 12.8. The molecule has 6 nitrogen and oxygen atoms in total. The van der Waals surface area contributed by atoms with Crippen LogP contribution in [-0.4, -0.2) is 33.1 Å². The van der Waals surface area contributed by atoms with Crippen molar-refractivity contribution in [3.63, 3.8) is 0 Å². The largest absolute Gasteiger partial charge is 0.346 e. The summed E-state index contributed by atoms with van der Waals surface area (Å²) in [6.07, 6.45) is -0.655. The molecule has 0 aliphatic rings. The van der Waals surface area contributed by atoms with Crippen LogP contribution in [0, 0.1) is 0 Å². The fraction of sp³-hybridized carbons (Fsp3) is 0.263. The number of aromatic nitrogens is 4. The van der Waals surface area contributed by atoms with Gasteiger partial charge in [-0.05, 0) is 76.0 Å². The van der Waals surface area contributed by atoms with Crippen LogP contribution in [0.25, 0.3) is 22.8 Å². The van der Waals surface area contributed by atoms with E-state index < -0.39 is 6.29 Å². The van der Waals surface area contributed by atoms with Gasteiger partial charge in [0, 0.05) is 13.2 Å².